The van der Waals surface area contributed by atoms with Crippen molar-refractivity contribution >= 4 is 33.1 Å². The van der Waals surface area contributed by atoms with Crippen LogP contribution in [0.15, 0.2) is 18.2 Å². The number of carbonyl (C=O) groups is 1. The van der Waals surface area contributed by atoms with E-state index in [0.29, 0.717) is 5.56 Å². The van der Waals surface area contributed by atoms with Crippen molar-refractivity contribution in [2.24, 2.45) is 0 Å². The molecule has 1 rings (SSSR count). The Bertz CT molecular complexity index is 406. The minimum atomic E-state index is -0.521. The van der Waals surface area contributed by atoms with Crippen molar-refractivity contribution in [3.8, 4) is 0 Å². The van der Waals surface area contributed by atoms with Gasteiger partial charge in [0.1, 0.15) is 5.78 Å². The highest BCUT2D eigenvalue weighted by Crippen LogP contribution is 2.20. The average molecular weight is 273 g/mol. The topological polar surface area (TPSA) is 86.2 Å². The molecule has 0 saturated carbocycles. The number of nitro benzene ring substituents is 1. The van der Waals surface area contributed by atoms with Crippen LogP contribution in [0.4, 0.5) is 11.4 Å². The first-order valence-electron chi connectivity index (χ1n) is 4.15. The number of nitro groups is 1. The van der Waals surface area contributed by atoms with Crippen molar-refractivity contribution in [2.75, 3.05) is 11.1 Å². The first-order chi connectivity index (χ1) is 7.04. The minimum absolute atomic E-state index is 0.0180. The van der Waals surface area contributed by atoms with Crippen LogP contribution in [0.5, 0.6) is 0 Å². The molecule has 15 heavy (non-hydrogen) atoms. The number of hydrogen-bond acceptors (Lipinski definition) is 4. The van der Waals surface area contributed by atoms with E-state index in [4.69, 9.17) is 5.73 Å². The summed E-state index contributed by atoms with van der Waals surface area (Å²) in [5.74, 6) is -0.0180. The molecule has 0 heterocycles. The van der Waals surface area contributed by atoms with Crippen molar-refractivity contribution in [1.82, 2.24) is 0 Å². The van der Waals surface area contributed by atoms with Gasteiger partial charge in [0.25, 0.3) is 5.69 Å². The molecule has 0 spiro atoms. The van der Waals surface area contributed by atoms with Crippen LogP contribution in [0, 0.1) is 10.1 Å². The fourth-order valence-electron chi connectivity index (χ4n) is 1.12. The number of nitrogens with two attached hydrogens (primary N) is 1. The van der Waals surface area contributed by atoms with Crippen molar-refractivity contribution in [1.29, 1.82) is 0 Å². The fraction of sp³-hybridized carbons (Fsp3) is 0.222. The van der Waals surface area contributed by atoms with Crippen LogP contribution in [-0.4, -0.2) is 16.0 Å². The summed E-state index contributed by atoms with van der Waals surface area (Å²) in [4.78, 5) is 21.0. The van der Waals surface area contributed by atoms with Crippen LogP contribution in [0.1, 0.15) is 5.56 Å². The standard InChI is InChI=1S/C9H9BrN2O3/c10-5-8(13)3-6-1-2-7(12(14)15)4-9(6)11/h1-2,4H,3,5,11H2. The van der Waals surface area contributed by atoms with Gasteiger partial charge in [0.15, 0.2) is 0 Å². The molecule has 0 atom stereocenters. The van der Waals surface area contributed by atoms with E-state index in [9.17, 15) is 14.9 Å². The Balaban J connectivity index is 2.93. The molecule has 0 bridgehead atoms. The van der Waals surface area contributed by atoms with E-state index in [0.717, 1.165) is 0 Å². The number of non-ortho nitro benzene ring substituents is 1. The van der Waals surface area contributed by atoms with Crippen molar-refractivity contribution in [3.05, 3.63) is 33.9 Å². The number of alkyl halides is 1. The molecular weight excluding hydrogens is 264 g/mol. The van der Waals surface area contributed by atoms with Gasteiger partial charge in [0.05, 0.1) is 10.3 Å². The van der Waals surface area contributed by atoms with Gasteiger partial charge in [0.2, 0.25) is 0 Å². The normalized spacial score (nSPS) is 9.93. The highest BCUT2D eigenvalue weighted by atomic mass is 79.9. The Morgan fingerprint density at radius 1 is 1.53 bits per heavy atom. The van der Waals surface area contributed by atoms with E-state index in [1.54, 1.807) is 0 Å². The van der Waals surface area contributed by atoms with E-state index in [2.05, 4.69) is 15.9 Å². The lowest BCUT2D eigenvalue weighted by atomic mass is 10.1. The number of ketones is 1. The molecule has 1 aromatic rings. The number of rotatable bonds is 4. The molecule has 0 aliphatic heterocycles. The molecular formula is C9H9BrN2O3. The van der Waals surface area contributed by atoms with Crippen LogP contribution >= 0.6 is 15.9 Å². The van der Waals surface area contributed by atoms with Crippen LogP contribution < -0.4 is 5.73 Å². The largest absolute Gasteiger partial charge is 0.398 e. The van der Waals surface area contributed by atoms with Gasteiger partial charge >= 0.3 is 0 Å². The van der Waals surface area contributed by atoms with E-state index in [-0.39, 0.29) is 28.9 Å². The summed E-state index contributed by atoms with van der Waals surface area (Å²) in [6.45, 7) is 0. The van der Waals surface area contributed by atoms with E-state index in [1.165, 1.54) is 18.2 Å². The number of benzene rings is 1. The van der Waals surface area contributed by atoms with Gasteiger partial charge in [-0.05, 0) is 11.6 Å². The number of hydrogen-bond donors (Lipinski definition) is 1. The second-order valence-corrected chi connectivity index (χ2v) is 3.55. The SMILES string of the molecule is Nc1cc([N+](=O)[O-])ccc1CC(=O)CBr. The smallest absolute Gasteiger partial charge is 0.271 e. The summed E-state index contributed by atoms with van der Waals surface area (Å²) < 4.78 is 0. The molecule has 5 nitrogen and oxygen atoms in total. The molecule has 1 aromatic carbocycles. The lowest BCUT2D eigenvalue weighted by Crippen LogP contribution is -2.06. The van der Waals surface area contributed by atoms with Crippen LogP contribution in [0.2, 0.25) is 0 Å². The number of nitrogens with zero attached hydrogens (tertiary/aromatic N) is 1. The molecule has 2 N–H and O–H groups in total. The molecule has 0 unspecified atom stereocenters. The zero-order valence-corrected chi connectivity index (χ0v) is 9.36. The van der Waals surface area contributed by atoms with Crippen molar-refractivity contribution < 1.29 is 9.72 Å². The Morgan fingerprint density at radius 3 is 2.67 bits per heavy atom. The first-order valence-corrected chi connectivity index (χ1v) is 5.27. The third-order valence-electron chi connectivity index (χ3n) is 1.88. The maximum atomic E-state index is 11.1. The van der Waals surface area contributed by atoms with Crippen LogP contribution in [0.3, 0.4) is 0 Å². The number of halogens is 1. The lowest BCUT2D eigenvalue weighted by molar-refractivity contribution is -0.384. The third-order valence-corrected chi connectivity index (χ3v) is 2.50. The van der Waals surface area contributed by atoms with Crippen LogP contribution in [0.25, 0.3) is 0 Å². The second kappa shape index (κ2) is 4.88. The number of anilines is 1. The van der Waals surface area contributed by atoms with Gasteiger partial charge < -0.3 is 5.73 Å². The first kappa shape index (κ1) is 11.6. The maximum Gasteiger partial charge on any atom is 0.271 e. The molecule has 0 radical (unpaired) electrons. The second-order valence-electron chi connectivity index (χ2n) is 2.99. The molecule has 80 valence electrons. The lowest BCUT2D eigenvalue weighted by Gasteiger charge is -2.03. The summed E-state index contributed by atoms with van der Waals surface area (Å²) in [5, 5.41) is 10.7. The summed E-state index contributed by atoms with van der Waals surface area (Å²) >= 11 is 3.04. The number of nitrogen functional groups attached to an aromatic ring is 1. The van der Waals surface area contributed by atoms with E-state index in [1.807, 2.05) is 0 Å². The molecule has 0 saturated heterocycles. The Hall–Kier alpha value is -1.43. The van der Waals surface area contributed by atoms with Gasteiger partial charge in [-0.3, -0.25) is 14.9 Å². The fourth-order valence-corrected chi connectivity index (χ4v) is 1.31. The maximum absolute atomic E-state index is 11.1. The van der Waals surface area contributed by atoms with Gasteiger partial charge in [-0.15, -0.1) is 0 Å². The summed E-state index contributed by atoms with van der Waals surface area (Å²) in [6, 6.07) is 4.11. The zero-order chi connectivity index (χ0) is 11.4. The van der Waals surface area contributed by atoms with Crippen molar-refractivity contribution in [2.45, 2.75) is 6.42 Å². The molecule has 0 aromatic heterocycles. The average Bonchev–Trinajstić information content (AvgIpc) is 2.20. The van der Waals surface area contributed by atoms with Crippen molar-refractivity contribution in [3.63, 3.8) is 0 Å². The minimum Gasteiger partial charge on any atom is -0.398 e. The molecule has 0 fully saturated rings. The highest BCUT2D eigenvalue weighted by molar-refractivity contribution is 9.09. The summed E-state index contributed by atoms with van der Waals surface area (Å²) in [5.41, 5.74) is 6.42. The third kappa shape index (κ3) is 3.02. The van der Waals surface area contributed by atoms with Gasteiger partial charge in [-0.25, -0.2) is 0 Å². The monoisotopic (exact) mass is 272 g/mol. The Morgan fingerprint density at radius 2 is 2.20 bits per heavy atom. The highest BCUT2D eigenvalue weighted by Gasteiger charge is 2.10. The summed E-state index contributed by atoms with van der Waals surface area (Å²) in [7, 11) is 0. The number of Topliss-reactive ketones (excluding diaryl/α,β-unsaturated/α-hetero) is 1. The van der Waals surface area contributed by atoms with Crippen LogP contribution in [-0.2, 0) is 11.2 Å². The predicted octanol–water partition coefficient (Wildman–Crippen LogP) is 1.68. The Labute approximate surface area is 94.5 Å². The molecule has 0 aliphatic carbocycles. The molecule has 0 aliphatic rings. The van der Waals surface area contributed by atoms with E-state index >= 15 is 0 Å². The molecule has 6 heteroatoms. The van der Waals surface area contributed by atoms with E-state index < -0.39 is 4.92 Å². The predicted molar refractivity (Wildman–Crippen MR) is 60.0 cm³/mol. The number of carbonyl (C=O) groups excluding carboxylic acids is 1. The van der Waals surface area contributed by atoms with Gasteiger partial charge in [-0.2, -0.15) is 0 Å². The molecule has 0 amide bonds. The quantitative estimate of drug-likeness (QED) is 0.391. The zero-order valence-electron chi connectivity index (χ0n) is 7.77. The Kier molecular flexibility index (Phi) is 3.79. The van der Waals surface area contributed by atoms with Gasteiger partial charge in [0, 0.05) is 24.2 Å². The summed E-state index contributed by atoms with van der Waals surface area (Å²) in [6.07, 6.45) is 0.190. The van der Waals surface area contributed by atoms with Gasteiger partial charge in [-0.1, -0.05) is 15.9 Å².